The van der Waals surface area contributed by atoms with Crippen LogP contribution in [0.15, 0.2) is 29.8 Å². The minimum absolute atomic E-state index is 0.294. The number of hydrogen-bond acceptors (Lipinski definition) is 0. The first-order chi connectivity index (χ1) is 9.14. The molecule has 0 saturated carbocycles. The predicted molar refractivity (Wildman–Crippen MR) is 92.0 cm³/mol. The Hall–Kier alpha value is -1.30. The highest BCUT2D eigenvalue weighted by atomic mass is 14.3. The molecular formula is C20H30. The molecule has 0 radical (unpaired) electrons. The van der Waals surface area contributed by atoms with Crippen molar-refractivity contribution >= 4 is 12.7 Å². The fourth-order valence-corrected chi connectivity index (χ4v) is 3.41. The Bertz CT molecular complexity index is 579. The largest absolute Gasteiger partial charge is 0.0909 e. The quantitative estimate of drug-likeness (QED) is 0.761. The standard InChI is InChI=1S/C20H30/c1-14(2)19(20(6,7)8)16(4)12-13-18-11-9-10-15(3)17(18)5/h9-14,19H,5H2,1-4,6-8H3/b16-12+,18-13-. The van der Waals surface area contributed by atoms with Gasteiger partial charge in [-0.2, -0.15) is 0 Å². The minimum atomic E-state index is 0.294. The fraction of sp³-hybridized carbons (Fsp3) is 0.500. The molecule has 0 heteroatoms. The van der Waals surface area contributed by atoms with Crippen LogP contribution < -0.4 is 10.4 Å². The van der Waals surface area contributed by atoms with Crippen molar-refractivity contribution < 1.29 is 0 Å². The lowest BCUT2D eigenvalue weighted by molar-refractivity contribution is 0.217. The lowest BCUT2D eigenvalue weighted by atomic mass is 9.70. The van der Waals surface area contributed by atoms with Crippen molar-refractivity contribution in [1.82, 2.24) is 0 Å². The third-order valence-electron chi connectivity index (χ3n) is 4.06. The van der Waals surface area contributed by atoms with Crippen molar-refractivity contribution in [2.45, 2.75) is 48.5 Å². The second kappa shape index (κ2) is 6.43. The highest BCUT2D eigenvalue weighted by Crippen LogP contribution is 2.37. The van der Waals surface area contributed by atoms with Crippen LogP contribution in [0.25, 0.3) is 12.7 Å². The summed E-state index contributed by atoms with van der Waals surface area (Å²) >= 11 is 0. The van der Waals surface area contributed by atoms with E-state index in [0.29, 0.717) is 17.3 Å². The predicted octanol–water partition coefficient (Wildman–Crippen LogP) is 4.45. The molecule has 0 aliphatic heterocycles. The van der Waals surface area contributed by atoms with Crippen LogP contribution in [-0.2, 0) is 0 Å². The Kier molecular flexibility index (Phi) is 5.39. The number of aryl methyl sites for hydroxylation is 1. The summed E-state index contributed by atoms with van der Waals surface area (Å²) in [4.78, 5) is 0. The van der Waals surface area contributed by atoms with E-state index in [1.54, 1.807) is 0 Å². The van der Waals surface area contributed by atoms with E-state index >= 15 is 0 Å². The maximum Gasteiger partial charge on any atom is -0.0131 e. The molecule has 0 saturated heterocycles. The molecule has 0 amide bonds. The van der Waals surface area contributed by atoms with Gasteiger partial charge >= 0.3 is 0 Å². The van der Waals surface area contributed by atoms with E-state index in [9.17, 15) is 0 Å². The van der Waals surface area contributed by atoms with E-state index in [-0.39, 0.29) is 0 Å². The summed E-state index contributed by atoms with van der Waals surface area (Å²) in [5, 5.41) is 2.36. The first kappa shape index (κ1) is 16.8. The molecule has 0 N–H and O–H groups in total. The number of allylic oxidation sites excluding steroid dienone is 2. The van der Waals surface area contributed by atoms with Gasteiger partial charge in [-0.05, 0) is 47.1 Å². The lowest BCUT2D eigenvalue weighted by Gasteiger charge is -2.35. The molecule has 0 spiro atoms. The van der Waals surface area contributed by atoms with Crippen LogP contribution in [0, 0.1) is 24.2 Å². The van der Waals surface area contributed by atoms with E-state index in [0.717, 1.165) is 5.22 Å². The van der Waals surface area contributed by atoms with Gasteiger partial charge in [0.2, 0.25) is 0 Å². The molecule has 110 valence electrons. The van der Waals surface area contributed by atoms with Gasteiger partial charge < -0.3 is 0 Å². The topological polar surface area (TPSA) is 0 Å². The molecule has 0 aromatic heterocycles. The Labute approximate surface area is 124 Å². The van der Waals surface area contributed by atoms with Crippen LogP contribution in [0.1, 0.15) is 47.1 Å². The molecule has 1 aromatic rings. The summed E-state index contributed by atoms with van der Waals surface area (Å²) in [5.41, 5.74) is 3.00. The Morgan fingerprint density at radius 1 is 1.20 bits per heavy atom. The molecule has 1 aromatic carbocycles. The highest BCUT2D eigenvalue weighted by molar-refractivity contribution is 5.41. The van der Waals surface area contributed by atoms with Gasteiger partial charge in [0.25, 0.3) is 0 Å². The SMILES string of the molecule is C=c1c(C)ccc/c1=C/C=C(\C)C(C(C)C)C(C)(C)C. The first-order valence-electron chi connectivity index (χ1n) is 7.57. The smallest absolute Gasteiger partial charge is 0.0131 e. The normalized spacial score (nSPS) is 15.8. The molecule has 0 fully saturated rings. The molecule has 0 bridgehead atoms. The van der Waals surface area contributed by atoms with Crippen LogP contribution in [0.3, 0.4) is 0 Å². The summed E-state index contributed by atoms with van der Waals surface area (Å²) in [7, 11) is 0. The third kappa shape index (κ3) is 4.10. The first-order valence-corrected chi connectivity index (χ1v) is 7.57. The van der Waals surface area contributed by atoms with Crippen molar-refractivity contribution in [2.75, 3.05) is 0 Å². The maximum absolute atomic E-state index is 4.17. The highest BCUT2D eigenvalue weighted by Gasteiger charge is 2.28. The number of hydrogen-bond donors (Lipinski definition) is 0. The van der Waals surface area contributed by atoms with Crippen molar-refractivity contribution in [2.24, 2.45) is 17.3 Å². The Morgan fingerprint density at radius 2 is 1.80 bits per heavy atom. The van der Waals surface area contributed by atoms with Crippen LogP contribution in [0.5, 0.6) is 0 Å². The van der Waals surface area contributed by atoms with Gasteiger partial charge in [-0.15, -0.1) is 0 Å². The summed E-state index contributed by atoms with van der Waals surface area (Å²) in [5.74, 6) is 1.24. The van der Waals surface area contributed by atoms with E-state index < -0.39 is 0 Å². The average molecular weight is 270 g/mol. The van der Waals surface area contributed by atoms with E-state index in [4.69, 9.17) is 0 Å². The molecule has 0 aliphatic rings. The van der Waals surface area contributed by atoms with Gasteiger partial charge in [0, 0.05) is 0 Å². The third-order valence-corrected chi connectivity index (χ3v) is 4.06. The zero-order valence-electron chi connectivity index (χ0n) is 14.2. The van der Waals surface area contributed by atoms with E-state index in [2.05, 4.69) is 85.4 Å². The molecule has 1 atom stereocenters. The van der Waals surface area contributed by atoms with Gasteiger partial charge in [0.1, 0.15) is 0 Å². The molecule has 0 nitrogen and oxygen atoms in total. The van der Waals surface area contributed by atoms with Crippen molar-refractivity contribution in [3.8, 4) is 0 Å². The van der Waals surface area contributed by atoms with E-state index in [1.165, 1.54) is 16.4 Å². The van der Waals surface area contributed by atoms with Gasteiger partial charge in [-0.25, -0.2) is 0 Å². The van der Waals surface area contributed by atoms with Gasteiger partial charge in [-0.3, -0.25) is 0 Å². The molecule has 0 heterocycles. The average Bonchev–Trinajstić information content (AvgIpc) is 2.28. The summed E-state index contributed by atoms with van der Waals surface area (Å²) in [6.07, 6.45) is 4.49. The van der Waals surface area contributed by atoms with Gasteiger partial charge in [0.15, 0.2) is 0 Å². The van der Waals surface area contributed by atoms with Crippen LogP contribution in [-0.4, -0.2) is 0 Å². The van der Waals surface area contributed by atoms with Crippen LogP contribution >= 0.6 is 0 Å². The van der Waals surface area contributed by atoms with Gasteiger partial charge in [0.05, 0.1) is 0 Å². The number of benzene rings is 1. The summed E-state index contributed by atoms with van der Waals surface area (Å²) in [6.45, 7) is 20.1. The molecular weight excluding hydrogens is 240 g/mol. The fourth-order valence-electron chi connectivity index (χ4n) is 3.41. The second-order valence-electron chi connectivity index (χ2n) is 7.31. The molecule has 1 rings (SSSR count). The Balaban J connectivity index is 3.23. The van der Waals surface area contributed by atoms with E-state index in [1.807, 2.05) is 0 Å². The monoisotopic (exact) mass is 270 g/mol. The minimum Gasteiger partial charge on any atom is -0.0909 e. The summed E-state index contributed by atoms with van der Waals surface area (Å²) in [6, 6.07) is 6.35. The second-order valence-corrected chi connectivity index (χ2v) is 7.31. The zero-order valence-corrected chi connectivity index (χ0v) is 14.2. The van der Waals surface area contributed by atoms with Crippen LogP contribution in [0.2, 0.25) is 0 Å². The van der Waals surface area contributed by atoms with Crippen LogP contribution in [0.4, 0.5) is 0 Å². The Morgan fingerprint density at radius 3 is 2.30 bits per heavy atom. The number of rotatable bonds is 3. The lowest BCUT2D eigenvalue weighted by Crippen LogP contribution is -2.27. The molecule has 20 heavy (non-hydrogen) atoms. The van der Waals surface area contributed by atoms with Crippen molar-refractivity contribution in [3.05, 3.63) is 45.8 Å². The summed E-state index contributed by atoms with van der Waals surface area (Å²) < 4.78 is 0. The molecule has 1 unspecified atom stereocenters. The van der Waals surface area contributed by atoms with Crippen molar-refractivity contribution in [1.29, 1.82) is 0 Å². The van der Waals surface area contributed by atoms with Crippen molar-refractivity contribution in [3.63, 3.8) is 0 Å². The zero-order chi connectivity index (χ0) is 15.5. The maximum atomic E-state index is 4.17. The molecule has 0 aliphatic carbocycles. The van der Waals surface area contributed by atoms with Gasteiger partial charge in [-0.1, -0.05) is 77.1 Å².